The van der Waals surface area contributed by atoms with E-state index in [1.54, 1.807) is 30.4 Å². The standard InChI is InChI=1S/C12H17N3O/c1-3-4-11(13)12(16)15(2)9-10-5-7-14-8-6-10/h3,5-8,11H,1,4,9,13H2,2H3. The normalized spacial score (nSPS) is 11.9. The maximum atomic E-state index is 11.8. The minimum absolute atomic E-state index is 0.0725. The molecule has 4 nitrogen and oxygen atoms in total. The molecule has 0 aliphatic heterocycles. The van der Waals surface area contributed by atoms with Crippen LogP contribution in [0.15, 0.2) is 37.2 Å². The van der Waals surface area contributed by atoms with E-state index in [4.69, 9.17) is 5.73 Å². The Hall–Kier alpha value is -1.68. The zero-order valence-electron chi connectivity index (χ0n) is 9.47. The van der Waals surface area contributed by atoms with Gasteiger partial charge in [0.1, 0.15) is 0 Å². The number of nitrogens with zero attached hydrogens (tertiary/aromatic N) is 2. The van der Waals surface area contributed by atoms with Crippen LogP contribution in [0, 0.1) is 0 Å². The van der Waals surface area contributed by atoms with Gasteiger partial charge in [-0.15, -0.1) is 6.58 Å². The molecule has 0 saturated heterocycles. The second kappa shape index (κ2) is 6.02. The first kappa shape index (κ1) is 12.4. The number of nitrogens with two attached hydrogens (primary N) is 1. The van der Waals surface area contributed by atoms with E-state index < -0.39 is 6.04 Å². The van der Waals surface area contributed by atoms with Gasteiger partial charge in [0.05, 0.1) is 6.04 Å². The highest BCUT2D eigenvalue weighted by molar-refractivity contribution is 5.81. The number of hydrogen-bond donors (Lipinski definition) is 1. The van der Waals surface area contributed by atoms with Gasteiger partial charge in [-0.1, -0.05) is 6.08 Å². The Morgan fingerprint density at radius 1 is 1.62 bits per heavy atom. The van der Waals surface area contributed by atoms with E-state index >= 15 is 0 Å². The Morgan fingerprint density at radius 2 is 2.25 bits per heavy atom. The minimum Gasteiger partial charge on any atom is -0.340 e. The molecule has 16 heavy (non-hydrogen) atoms. The van der Waals surface area contributed by atoms with Crippen molar-refractivity contribution in [3.05, 3.63) is 42.7 Å². The second-order valence-corrected chi connectivity index (χ2v) is 3.68. The summed E-state index contributed by atoms with van der Waals surface area (Å²) in [6.07, 6.45) is 5.57. The molecule has 0 fully saturated rings. The first-order chi connectivity index (χ1) is 7.65. The Balaban J connectivity index is 2.55. The number of hydrogen-bond acceptors (Lipinski definition) is 3. The lowest BCUT2D eigenvalue weighted by atomic mass is 10.2. The van der Waals surface area contributed by atoms with Crippen LogP contribution in [0.25, 0.3) is 0 Å². The van der Waals surface area contributed by atoms with Crippen LogP contribution in [0.2, 0.25) is 0 Å². The van der Waals surface area contributed by atoms with Crippen LogP contribution in [0.1, 0.15) is 12.0 Å². The third-order valence-electron chi connectivity index (χ3n) is 2.28. The smallest absolute Gasteiger partial charge is 0.239 e. The van der Waals surface area contributed by atoms with Crippen LogP contribution in [0.5, 0.6) is 0 Å². The van der Waals surface area contributed by atoms with Gasteiger partial charge in [-0.05, 0) is 24.1 Å². The molecule has 1 heterocycles. The summed E-state index contributed by atoms with van der Waals surface area (Å²) in [5, 5.41) is 0. The van der Waals surface area contributed by atoms with Crippen molar-refractivity contribution in [2.24, 2.45) is 5.73 Å². The van der Waals surface area contributed by atoms with Crippen LogP contribution in [0.4, 0.5) is 0 Å². The lowest BCUT2D eigenvalue weighted by Gasteiger charge is -2.20. The summed E-state index contributed by atoms with van der Waals surface area (Å²) >= 11 is 0. The van der Waals surface area contributed by atoms with Crippen LogP contribution >= 0.6 is 0 Å². The van der Waals surface area contributed by atoms with Crippen LogP contribution in [-0.2, 0) is 11.3 Å². The van der Waals surface area contributed by atoms with Crippen molar-refractivity contribution in [2.75, 3.05) is 7.05 Å². The summed E-state index contributed by atoms with van der Waals surface area (Å²) < 4.78 is 0. The maximum Gasteiger partial charge on any atom is 0.239 e. The van der Waals surface area contributed by atoms with Gasteiger partial charge in [0.25, 0.3) is 0 Å². The van der Waals surface area contributed by atoms with Crippen molar-refractivity contribution in [1.29, 1.82) is 0 Å². The Kier molecular flexibility index (Phi) is 4.66. The number of aromatic nitrogens is 1. The highest BCUT2D eigenvalue weighted by Gasteiger charge is 2.16. The first-order valence-electron chi connectivity index (χ1n) is 5.15. The fraction of sp³-hybridized carbons (Fsp3) is 0.333. The van der Waals surface area contributed by atoms with E-state index in [1.165, 1.54) is 0 Å². The molecule has 1 unspecified atom stereocenters. The van der Waals surface area contributed by atoms with Crippen molar-refractivity contribution in [1.82, 2.24) is 9.88 Å². The van der Waals surface area contributed by atoms with Gasteiger partial charge in [0.15, 0.2) is 0 Å². The SMILES string of the molecule is C=CCC(N)C(=O)N(C)Cc1ccncc1. The molecular formula is C12H17N3O. The van der Waals surface area contributed by atoms with Crippen LogP contribution in [-0.4, -0.2) is 28.9 Å². The van der Waals surface area contributed by atoms with Crippen molar-refractivity contribution in [3.63, 3.8) is 0 Å². The second-order valence-electron chi connectivity index (χ2n) is 3.68. The zero-order valence-corrected chi connectivity index (χ0v) is 9.47. The van der Waals surface area contributed by atoms with Gasteiger partial charge >= 0.3 is 0 Å². The molecule has 0 aliphatic rings. The van der Waals surface area contributed by atoms with Gasteiger partial charge in [0.2, 0.25) is 5.91 Å². The zero-order chi connectivity index (χ0) is 12.0. The predicted molar refractivity (Wildman–Crippen MR) is 63.5 cm³/mol. The van der Waals surface area contributed by atoms with E-state index in [0.29, 0.717) is 13.0 Å². The molecule has 0 aromatic carbocycles. The largest absolute Gasteiger partial charge is 0.340 e. The summed E-state index contributed by atoms with van der Waals surface area (Å²) in [5.74, 6) is -0.0725. The van der Waals surface area contributed by atoms with E-state index in [0.717, 1.165) is 5.56 Å². The van der Waals surface area contributed by atoms with Crippen molar-refractivity contribution in [3.8, 4) is 0 Å². The van der Waals surface area contributed by atoms with Crippen molar-refractivity contribution in [2.45, 2.75) is 19.0 Å². The molecule has 1 aromatic heterocycles. The van der Waals surface area contributed by atoms with Gasteiger partial charge in [-0.25, -0.2) is 0 Å². The third kappa shape index (κ3) is 3.47. The van der Waals surface area contributed by atoms with Gasteiger partial charge < -0.3 is 10.6 Å². The fourth-order valence-corrected chi connectivity index (χ4v) is 1.40. The highest BCUT2D eigenvalue weighted by atomic mass is 16.2. The molecule has 4 heteroatoms. The summed E-state index contributed by atoms with van der Waals surface area (Å²) in [5.41, 5.74) is 6.75. The lowest BCUT2D eigenvalue weighted by molar-refractivity contribution is -0.131. The molecule has 1 atom stereocenters. The van der Waals surface area contributed by atoms with Gasteiger partial charge in [-0.2, -0.15) is 0 Å². The molecule has 1 aromatic rings. The summed E-state index contributed by atoms with van der Waals surface area (Å²) in [4.78, 5) is 17.3. The number of carbonyl (C=O) groups is 1. The van der Waals surface area contributed by atoms with Crippen LogP contribution in [0.3, 0.4) is 0 Å². The van der Waals surface area contributed by atoms with Gasteiger partial charge in [0, 0.05) is 26.0 Å². The van der Waals surface area contributed by atoms with E-state index in [1.807, 2.05) is 12.1 Å². The fourth-order valence-electron chi connectivity index (χ4n) is 1.40. The predicted octanol–water partition coefficient (Wildman–Crippen LogP) is 0.943. The topological polar surface area (TPSA) is 59.2 Å². The Morgan fingerprint density at radius 3 is 2.81 bits per heavy atom. The lowest BCUT2D eigenvalue weighted by Crippen LogP contribution is -2.41. The monoisotopic (exact) mass is 219 g/mol. The summed E-state index contributed by atoms with van der Waals surface area (Å²) in [7, 11) is 1.74. The first-order valence-corrected chi connectivity index (χ1v) is 5.15. The molecule has 1 amide bonds. The highest BCUT2D eigenvalue weighted by Crippen LogP contribution is 2.03. The molecule has 0 radical (unpaired) electrons. The average molecular weight is 219 g/mol. The quantitative estimate of drug-likeness (QED) is 0.750. The molecular weight excluding hydrogens is 202 g/mol. The summed E-state index contributed by atoms with van der Waals surface area (Å²) in [6, 6.07) is 3.26. The molecule has 0 bridgehead atoms. The maximum absolute atomic E-state index is 11.8. The average Bonchev–Trinajstić information content (AvgIpc) is 2.29. The molecule has 0 saturated carbocycles. The Labute approximate surface area is 95.8 Å². The van der Waals surface area contributed by atoms with E-state index in [2.05, 4.69) is 11.6 Å². The molecule has 0 aliphatic carbocycles. The molecule has 86 valence electrons. The summed E-state index contributed by atoms with van der Waals surface area (Å²) in [6.45, 7) is 4.12. The number of pyridine rings is 1. The van der Waals surface area contributed by atoms with Crippen LogP contribution < -0.4 is 5.73 Å². The minimum atomic E-state index is -0.496. The molecule has 0 spiro atoms. The molecule has 2 N–H and O–H groups in total. The molecule has 1 rings (SSSR count). The van der Waals surface area contributed by atoms with E-state index in [9.17, 15) is 4.79 Å². The van der Waals surface area contributed by atoms with E-state index in [-0.39, 0.29) is 5.91 Å². The number of likely N-dealkylation sites (N-methyl/N-ethyl adjacent to an activating group) is 1. The van der Waals surface area contributed by atoms with Gasteiger partial charge in [-0.3, -0.25) is 9.78 Å². The third-order valence-corrected chi connectivity index (χ3v) is 2.28. The van der Waals surface area contributed by atoms with Crippen molar-refractivity contribution >= 4 is 5.91 Å². The number of rotatable bonds is 5. The number of amides is 1. The van der Waals surface area contributed by atoms with Crippen molar-refractivity contribution < 1.29 is 4.79 Å². The Bertz CT molecular complexity index is 351. The number of carbonyl (C=O) groups excluding carboxylic acids is 1.